The average Bonchev–Trinajstić information content (AvgIpc) is 2.67. The molecule has 0 atom stereocenters. The predicted octanol–water partition coefficient (Wildman–Crippen LogP) is 4.99. The molecule has 1 aliphatic rings. The van der Waals surface area contributed by atoms with Crippen LogP contribution < -0.4 is 15.0 Å². The molecule has 1 fully saturated rings. The Kier molecular flexibility index (Phi) is 6.04. The maximum atomic E-state index is 12.2. The molecule has 0 unspecified atom stereocenters. The fraction of sp³-hybridized carbons (Fsp3) is 0.435. The zero-order valence-electron chi connectivity index (χ0n) is 16.6. The minimum Gasteiger partial charge on any atom is -0.484 e. The molecule has 0 bridgehead atoms. The normalized spacial score (nSPS) is 14.7. The Balaban J connectivity index is 1.49. The molecule has 4 nitrogen and oxygen atoms in total. The molecule has 27 heavy (non-hydrogen) atoms. The summed E-state index contributed by atoms with van der Waals surface area (Å²) in [4.78, 5) is 14.6. The van der Waals surface area contributed by atoms with E-state index in [1.54, 1.807) is 0 Å². The molecule has 1 amide bonds. The van der Waals surface area contributed by atoms with Gasteiger partial charge in [0, 0.05) is 24.5 Å². The first-order valence-electron chi connectivity index (χ1n) is 9.80. The number of carbonyl (C=O) groups excluding carboxylic acids is 1. The second kappa shape index (κ2) is 8.47. The third-order valence-electron chi connectivity index (χ3n) is 4.96. The fourth-order valence-electron chi connectivity index (χ4n) is 3.30. The summed E-state index contributed by atoms with van der Waals surface area (Å²) in [5.74, 6) is 0.555. The van der Waals surface area contributed by atoms with Crippen molar-refractivity contribution in [2.45, 2.75) is 45.4 Å². The van der Waals surface area contributed by atoms with Crippen LogP contribution in [0.25, 0.3) is 0 Å². The molecule has 4 heteroatoms. The maximum Gasteiger partial charge on any atom is 0.262 e. The van der Waals surface area contributed by atoms with Gasteiger partial charge in [-0.2, -0.15) is 0 Å². The van der Waals surface area contributed by atoms with Crippen molar-refractivity contribution in [3.8, 4) is 5.75 Å². The van der Waals surface area contributed by atoms with E-state index in [2.05, 4.69) is 43.1 Å². The largest absolute Gasteiger partial charge is 0.484 e. The number of ether oxygens (including phenoxy) is 1. The number of hydrogen-bond acceptors (Lipinski definition) is 3. The number of nitrogens with zero attached hydrogens (tertiary/aromatic N) is 1. The highest BCUT2D eigenvalue weighted by Crippen LogP contribution is 2.24. The topological polar surface area (TPSA) is 41.6 Å². The first-order valence-corrected chi connectivity index (χ1v) is 9.80. The van der Waals surface area contributed by atoms with Crippen LogP contribution in [0.5, 0.6) is 5.75 Å². The summed E-state index contributed by atoms with van der Waals surface area (Å²) in [6.45, 7) is 8.76. The Morgan fingerprint density at radius 1 is 0.963 bits per heavy atom. The van der Waals surface area contributed by atoms with Crippen LogP contribution in [0.1, 0.15) is 45.6 Å². The van der Waals surface area contributed by atoms with E-state index in [4.69, 9.17) is 4.74 Å². The van der Waals surface area contributed by atoms with Crippen molar-refractivity contribution in [2.24, 2.45) is 0 Å². The van der Waals surface area contributed by atoms with E-state index in [9.17, 15) is 4.79 Å². The highest BCUT2D eigenvalue weighted by Gasteiger charge is 2.13. The van der Waals surface area contributed by atoms with Crippen LogP contribution in [0.4, 0.5) is 11.4 Å². The molecule has 1 aliphatic heterocycles. The van der Waals surface area contributed by atoms with Crippen LogP contribution in [0, 0.1) is 0 Å². The fourth-order valence-corrected chi connectivity index (χ4v) is 3.30. The first kappa shape index (κ1) is 19.3. The predicted molar refractivity (Wildman–Crippen MR) is 112 cm³/mol. The van der Waals surface area contributed by atoms with Crippen molar-refractivity contribution >= 4 is 17.3 Å². The van der Waals surface area contributed by atoms with Crippen LogP contribution in [-0.2, 0) is 10.2 Å². The molecule has 144 valence electrons. The van der Waals surface area contributed by atoms with E-state index in [-0.39, 0.29) is 17.9 Å². The van der Waals surface area contributed by atoms with Crippen molar-refractivity contribution in [3.63, 3.8) is 0 Å². The molecular formula is C23H30N2O2. The van der Waals surface area contributed by atoms with E-state index in [1.807, 2.05) is 36.4 Å². The lowest BCUT2D eigenvalue weighted by molar-refractivity contribution is -0.118. The number of benzene rings is 2. The van der Waals surface area contributed by atoms with Gasteiger partial charge >= 0.3 is 0 Å². The number of piperidine rings is 1. The number of amides is 1. The zero-order chi connectivity index (χ0) is 19.3. The summed E-state index contributed by atoms with van der Waals surface area (Å²) in [5.41, 5.74) is 3.37. The van der Waals surface area contributed by atoms with E-state index >= 15 is 0 Å². The van der Waals surface area contributed by atoms with Gasteiger partial charge < -0.3 is 15.0 Å². The minimum atomic E-state index is -0.152. The Morgan fingerprint density at radius 3 is 2.19 bits per heavy atom. The van der Waals surface area contributed by atoms with Crippen molar-refractivity contribution in [2.75, 3.05) is 29.9 Å². The molecule has 0 aromatic heterocycles. The first-order chi connectivity index (χ1) is 12.9. The smallest absolute Gasteiger partial charge is 0.262 e. The number of rotatable bonds is 5. The number of hydrogen-bond donors (Lipinski definition) is 1. The lowest BCUT2D eigenvalue weighted by Crippen LogP contribution is -2.29. The van der Waals surface area contributed by atoms with Crippen molar-refractivity contribution in [1.82, 2.24) is 0 Å². The molecule has 2 aromatic rings. The quantitative estimate of drug-likeness (QED) is 0.810. The van der Waals surface area contributed by atoms with Crippen molar-refractivity contribution in [1.29, 1.82) is 0 Å². The summed E-state index contributed by atoms with van der Waals surface area (Å²) in [6.07, 6.45) is 3.84. The SMILES string of the molecule is CC(C)(C)c1ccc(OCC(=O)Nc2ccc(N3CCCCC3)cc2)cc1. The van der Waals surface area contributed by atoms with Gasteiger partial charge in [-0.1, -0.05) is 32.9 Å². The number of carbonyl (C=O) groups is 1. The van der Waals surface area contributed by atoms with Gasteiger partial charge in [0.25, 0.3) is 5.91 Å². The summed E-state index contributed by atoms with van der Waals surface area (Å²) >= 11 is 0. The van der Waals surface area contributed by atoms with Gasteiger partial charge in [0.1, 0.15) is 5.75 Å². The van der Waals surface area contributed by atoms with E-state index in [1.165, 1.54) is 30.5 Å². The summed E-state index contributed by atoms with van der Waals surface area (Å²) < 4.78 is 5.61. The Bertz CT molecular complexity index is 739. The van der Waals surface area contributed by atoms with Crippen LogP contribution >= 0.6 is 0 Å². The standard InChI is InChI=1S/C23H30N2O2/c1-23(2,3)18-7-13-21(14-8-18)27-17-22(26)24-19-9-11-20(12-10-19)25-15-5-4-6-16-25/h7-14H,4-6,15-17H2,1-3H3,(H,24,26). The van der Waals surface area contributed by atoms with Crippen LogP contribution in [-0.4, -0.2) is 25.6 Å². The van der Waals surface area contributed by atoms with Gasteiger partial charge in [0.05, 0.1) is 0 Å². The lowest BCUT2D eigenvalue weighted by Gasteiger charge is -2.28. The molecule has 0 aliphatic carbocycles. The minimum absolute atomic E-state index is 0.00272. The Labute approximate surface area is 162 Å². The van der Waals surface area contributed by atoms with Gasteiger partial charge in [-0.3, -0.25) is 4.79 Å². The molecule has 2 aromatic carbocycles. The van der Waals surface area contributed by atoms with Crippen LogP contribution in [0.15, 0.2) is 48.5 Å². The summed E-state index contributed by atoms with van der Waals surface area (Å²) in [5, 5.41) is 2.90. The van der Waals surface area contributed by atoms with Crippen LogP contribution in [0.2, 0.25) is 0 Å². The monoisotopic (exact) mass is 366 g/mol. The molecule has 1 saturated heterocycles. The van der Waals surface area contributed by atoms with E-state index in [0.29, 0.717) is 5.75 Å². The van der Waals surface area contributed by atoms with Crippen molar-refractivity contribution in [3.05, 3.63) is 54.1 Å². The van der Waals surface area contributed by atoms with Crippen molar-refractivity contribution < 1.29 is 9.53 Å². The van der Waals surface area contributed by atoms with E-state index < -0.39 is 0 Å². The molecular weight excluding hydrogens is 336 g/mol. The highest BCUT2D eigenvalue weighted by molar-refractivity contribution is 5.92. The molecule has 0 spiro atoms. The van der Waals surface area contributed by atoms with Gasteiger partial charge in [0.2, 0.25) is 0 Å². The second-order valence-electron chi connectivity index (χ2n) is 8.21. The molecule has 1 N–H and O–H groups in total. The van der Waals surface area contributed by atoms with Gasteiger partial charge in [0.15, 0.2) is 6.61 Å². The highest BCUT2D eigenvalue weighted by atomic mass is 16.5. The molecule has 3 rings (SSSR count). The lowest BCUT2D eigenvalue weighted by atomic mass is 9.87. The number of nitrogens with one attached hydrogen (secondary N) is 1. The van der Waals surface area contributed by atoms with Gasteiger partial charge in [-0.15, -0.1) is 0 Å². The van der Waals surface area contributed by atoms with Crippen LogP contribution in [0.3, 0.4) is 0 Å². The third-order valence-corrected chi connectivity index (χ3v) is 4.96. The number of anilines is 2. The Morgan fingerprint density at radius 2 is 1.59 bits per heavy atom. The average molecular weight is 367 g/mol. The molecule has 0 radical (unpaired) electrons. The van der Waals surface area contributed by atoms with Gasteiger partial charge in [-0.05, 0) is 66.6 Å². The second-order valence-corrected chi connectivity index (χ2v) is 8.21. The maximum absolute atomic E-state index is 12.2. The Hall–Kier alpha value is -2.49. The molecule has 1 heterocycles. The third kappa shape index (κ3) is 5.49. The molecule has 0 saturated carbocycles. The van der Waals surface area contributed by atoms with E-state index in [0.717, 1.165) is 18.8 Å². The summed E-state index contributed by atoms with van der Waals surface area (Å²) in [7, 11) is 0. The zero-order valence-corrected chi connectivity index (χ0v) is 16.6. The van der Waals surface area contributed by atoms with Gasteiger partial charge in [-0.25, -0.2) is 0 Å². The summed E-state index contributed by atoms with van der Waals surface area (Å²) in [6, 6.07) is 16.0.